The molecule has 5 heteroatoms. The molecule has 0 N–H and O–H groups in total. The van der Waals surface area contributed by atoms with Crippen LogP contribution in [0.5, 0.6) is 0 Å². The second kappa shape index (κ2) is 39.4. The molecule has 0 atom stereocenters. The zero-order chi connectivity index (χ0) is 0. The predicted molar refractivity (Wildman–Crippen MR) is 7.13 cm³/mol. The van der Waals surface area contributed by atoms with Crippen molar-refractivity contribution in [1.29, 1.82) is 0 Å². The van der Waals surface area contributed by atoms with Gasteiger partial charge in [0.15, 0.2) is 0 Å². The van der Waals surface area contributed by atoms with Gasteiger partial charge in [-0.2, -0.15) is 0 Å². The Morgan fingerprint density at radius 1 is 0.800 bits per heavy atom. The van der Waals surface area contributed by atoms with E-state index in [4.69, 9.17) is 0 Å². The molecule has 0 rings (SSSR count). The average molecular weight is 330 g/mol. The standard InChI is InChI=1S/Hf.2O.Si.Zr/q;2*-2;;+4. The maximum Gasteiger partial charge on any atom is 4.00 e. The van der Waals surface area contributed by atoms with Crippen LogP contribution in [0.3, 0.4) is 0 Å². The van der Waals surface area contributed by atoms with E-state index in [-0.39, 0.29) is 74.0 Å². The monoisotopic (exact) mass is 330 g/mol. The summed E-state index contributed by atoms with van der Waals surface area (Å²) in [5.74, 6) is 0. The molecule has 24 valence electrons. The largest absolute Gasteiger partial charge is 4.00 e. The van der Waals surface area contributed by atoms with E-state index in [1.807, 2.05) is 0 Å². The molecule has 0 unspecified atom stereocenters. The maximum atomic E-state index is 0. The van der Waals surface area contributed by atoms with Crippen molar-refractivity contribution in [2.45, 2.75) is 0 Å². The fraction of sp³-hybridized carbons (Fsp3) is 0. The van der Waals surface area contributed by atoms with Crippen LogP contribution in [-0.2, 0) is 63.0 Å². The van der Waals surface area contributed by atoms with Crippen molar-refractivity contribution in [3.63, 3.8) is 0 Å². The molecule has 0 fully saturated rings. The molecule has 0 aromatic carbocycles. The Labute approximate surface area is 73.3 Å². The third-order valence-corrected chi connectivity index (χ3v) is 0. The van der Waals surface area contributed by atoms with Crippen molar-refractivity contribution in [3.05, 3.63) is 0 Å². The molecule has 0 aliphatic carbocycles. The summed E-state index contributed by atoms with van der Waals surface area (Å²) in [6.07, 6.45) is 0. The Bertz CT molecular complexity index is 9.61. The minimum absolute atomic E-state index is 0. The van der Waals surface area contributed by atoms with Gasteiger partial charge in [0.05, 0.1) is 0 Å². The van der Waals surface area contributed by atoms with Crippen molar-refractivity contribution in [1.82, 2.24) is 0 Å². The van der Waals surface area contributed by atoms with Gasteiger partial charge in [0.1, 0.15) is 0 Å². The van der Waals surface area contributed by atoms with Crippen molar-refractivity contribution >= 4 is 11.0 Å². The first-order chi connectivity index (χ1) is 0. The summed E-state index contributed by atoms with van der Waals surface area (Å²) < 4.78 is 0. The van der Waals surface area contributed by atoms with Crippen LogP contribution in [0.2, 0.25) is 0 Å². The van der Waals surface area contributed by atoms with Crippen molar-refractivity contribution in [2.75, 3.05) is 0 Å². The Kier molecular flexibility index (Phi) is 528. The molecule has 0 aliphatic rings. The van der Waals surface area contributed by atoms with Crippen LogP contribution in [0, 0.1) is 0 Å². The fourth-order valence-corrected chi connectivity index (χ4v) is 0. The SMILES string of the molecule is [Hf].[O-2].[O-2].[Si].[Zr+4]. The topological polar surface area (TPSA) is 57.0 Å². The summed E-state index contributed by atoms with van der Waals surface area (Å²) in [6.45, 7) is 0. The molecule has 0 aromatic heterocycles. The molecule has 4 radical (unpaired) electrons. The average Bonchev–Trinajstić information content (AvgIpc) is 0. The molecule has 0 saturated heterocycles. The van der Waals surface area contributed by atoms with Crippen LogP contribution >= 0.6 is 0 Å². The molecule has 0 heterocycles. The first-order valence-electron chi connectivity index (χ1n) is 0. The number of rotatable bonds is 0. The van der Waals surface area contributed by atoms with Gasteiger partial charge >= 0.3 is 26.2 Å². The van der Waals surface area contributed by atoms with Gasteiger partial charge in [0.2, 0.25) is 0 Å². The van der Waals surface area contributed by atoms with Crippen LogP contribution in [0.15, 0.2) is 0 Å². The predicted octanol–water partition coefficient (Wildman–Crippen LogP) is -0.623. The van der Waals surface area contributed by atoms with E-state index in [0.717, 1.165) is 0 Å². The Hall–Kier alpha value is 1.89. The molecular weight excluding hydrogens is 330 g/mol. The maximum absolute atomic E-state index is 0. The minimum atomic E-state index is 0. The van der Waals surface area contributed by atoms with Gasteiger partial charge in [-0.15, -0.1) is 0 Å². The van der Waals surface area contributed by atoms with Crippen LogP contribution < -0.4 is 0 Å². The smallest absolute Gasteiger partial charge is 2.00 e. The molecule has 0 spiro atoms. The summed E-state index contributed by atoms with van der Waals surface area (Å²) in [5.41, 5.74) is 0. The van der Waals surface area contributed by atoms with Gasteiger partial charge in [-0.3, -0.25) is 0 Å². The first kappa shape index (κ1) is 66.9. The molecule has 2 nitrogen and oxygen atoms in total. The molecular formula is HfO2SiZr. The number of hydrogen-bond donors (Lipinski definition) is 0. The molecule has 0 bridgehead atoms. The van der Waals surface area contributed by atoms with Crippen LogP contribution in [0.1, 0.15) is 0 Å². The minimum Gasteiger partial charge on any atom is -2.00 e. The quantitative estimate of drug-likeness (QED) is 0.532. The van der Waals surface area contributed by atoms with Crippen LogP contribution in [-0.4, -0.2) is 11.0 Å². The fourth-order valence-electron chi connectivity index (χ4n) is 0. The summed E-state index contributed by atoms with van der Waals surface area (Å²) in [5, 5.41) is 0. The molecule has 0 aromatic rings. The zero-order valence-corrected chi connectivity index (χ0v) is 9.37. The molecule has 0 saturated carbocycles. The summed E-state index contributed by atoms with van der Waals surface area (Å²) in [6, 6.07) is 0. The van der Waals surface area contributed by atoms with Gasteiger partial charge in [-0.1, -0.05) is 0 Å². The van der Waals surface area contributed by atoms with Gasteiger partial charge in [0, 0.05) is 36.8 Å². The van der Waals surface area contributed by atoms with Gasteiger partial charge in [-0.25, -0.2) is 0 Å². The van der Waals surface area contributed by atoms with E-state index in [1.165, 1.54) is 0 Å². The second-order valence-electron chi connectivity index (χ2n) is 0. The van der Waals surface area contributed by atoms with E-state index < -0.39 is 0 Å². The zero-order valence-electron chi connectivity index (χ0n) is 2.32. The molecule has 5 heavy (non-hydrogen) atoms. The third-order valence-electron chi connectivity index (χ3n) is 0. The summed E-state index contributed by atoms with van der Waals surface area (Å²) in [7, 11) is 0. The van der Waals surface area contributed by atoms with E-state index in [0.29, 0.717) is 0 Å². The summed E-state index contributed by atoms with van der Waals surface area (Å²) >= 11 is 0. The van der Waals surface area contributed by atoms with Crippen LogP contribution in [0.25, 0.3) is 0 Å². The van der Waals surface area contributed by atoms with E-state index in [2.05, 4.69) is 0 Å². The van der Waals surface area contributed by atoms with E-state index >= 15 is 0 Å². The van der Waals surface area contributed by atoms with Crippen molar-refractivity contribution in [2.24, 2.45) is 0 Å². The molecule has 0 aliphatic heterocycles. The van der Waals surface area contributed by atoms with Crippen molar-refractivity contribution in [3.8, 4) is 0 Å². The Balaban J connectivity index is 0. The van der Waals surface area contributed by atoms with E-state index in [9.17, 15) is 0 Å². The Morgan fingerprint density at radius 3 is 0.800 bits per heavy atom. The van der Waals surface area contributed by atoms with Gasteiger partial charge < -0.3 is 11.0 Å². The normalized spacial score (nSPS) is 0. The summed E-state index contributed by atoms with van der Waals surface area (Å²) in [4.78, 5) is 0. The van der Waals surface area contributed by atoms with Gasteiger partial charge in [-0.05, 0) is 0 Å². The third kappa shape index (κ3) is 24.9. The van der Waals surface area contributed by atoms with Crippen molar-refractivity contribution < 1.29 is 63.0 Å². The second-order valence-corrected chi connectivity index (χ2v) is 0. The number of hydrogen-bond acceptors (Lipinski definition) is 0. The Morgan fingerprint density at radius 2 is 0.800 bits per heavy atom. The first-order valence-corrected chi connectivity index (χ1v) is 0. The van der Waals surface area contributed by atoms with Gasteiger partial charge in [0.25, 0.3) is 0 Å². The van der Waals surface area contributed by atoms with E-state index in [1.54, 1.807) is 0 Å². The molecule has 0 amide bonds. The van der Waals surface area contributed by atoms with Crippen LogP contribution in [0.4, 0.5) is 0 Å².